The third-order valence-corrected chi connectivity index (χ3v) is 3.72. The van der Waals surface area contributed by atoms with Crippen molar-refractivity contribution in [1.82, 2.24) is 5.32 Å². The smallest absolute Gasteiger partial charge is 0.0361 e. The van der Waals surface area contributed by atoms with Crippen LogP contribution in [0, 0.1) is 11.8 Å². The molecular formula is C16H26N2. The molecule has 1 aromatic rings. The van der Waals surface area contributed by atoms with Crippen molar-refractivity contribution in [2.45, 2.75) is 26.2 Å². The van der Waals surface area contributed by atoms with Crippen molar-refractivity contribution < 1.29 is 0 Å². The van der Waals surface area contributed by atoms with Gasteiger partial charge in [0.25, 0.3) is 0 Å². The summed E-state index contributed by atoms with van der Waals surface area (Å²) in [5.41, 5.74) is 2.80. The second-order valence-electron chi connectivity index (χ2n) is 6.14. The van der Waals surface area contributed by atoms with Crippen LogP contribution in [-0.2, 0) is 0 Å². The summed E-state index contributed by atoms with van der Waals surface area (Å²) in [7, 11) is 4.18. The second-order valence-corrected chi connectivity index (χ2v) is 6.14. The lowest BCUT2D eigenvalue weighted by atomic mass is 10.1. The molecule has 1 saturated carbocycles. The van der Waals surface area contributed by atoms with Gasteiger partial charge in [0.1, 0.15) is 0 Å². The standard InChI is InChI=1S/C16H26N2/c1-12(2)10-17-11-14-9-16(14)13-5-7-15(8-6-13)18(3)4/h5-8,12,14,16-17H,9-11H2,1-4H3. The molecule has 0 aromatic heterocycles. The Hall–Kier alpha value is -1.02. The fourth-order valence-corrected chi connectivity index (χ4v) is 2.46. The minimum atomic E-state index is 0.751. The van der Waals surface area contributed by atoms with E-state index in [2.05, 4.69) is 62.4 Å². The van der Waals surface area contributed by atoms with E-state index >= 15 is 0 Å². The van der Waals surface area contributed by atoms with Crippen molar-refractivity contribution in [3.05, 3.63) is 29.8 Å². The Balaban J connectivity index is 1.80. The van der Waals surface area contributed by atoms with Gasteiger partial charge < -0.3 is 10.2 Å². The molecule has 2 unspecified atom stereocenters. The van der Waals surface area contributed by atoms with E-state index in [0.29, 0.717) is 0 Å². The zero-order valence-electron chi connectivity index (χ0n) is 12.1. The number of hydrogen-bond acceptors (Lipinski definition) is 2. The van der Waals surface area contributed by atoms with Gasteiger partial charge in [-0.05, 0) is 55.0 Å². The highest BCUT2D eigenvalue weighted by Gasteiger charge is 2.37. The molecule has 2 atom stereocenters. The Morgan fingerprint density at radius 1 is 1.22 bits per heavy atom. The van der Waals surface area contributed by atoms with Crippen molar-refractivity contribution in [1.29, 1.82) is 0 Å². The first-order valence-electron chi connectivity index (χ1n) is 7.06. The van der Waals surface area contributed by atoms with Gasteiger partial charge in [-0.15, -0.1) is 0 Å². The molecule has 0 spiro atoms. The predicted octanol–water partition coefficient (Wildman–Crippen LogP) is 3.10. The SMILES string of the molecule is CC(C)CNCC1CC1c1ccc(N(C)C)cc1. The lowest BCUT2D eigenvalue weighted by Gasteiger charge is -2.12. The van der Waals surface area contributed by atoms with Gasteiger partial charge in [0.05, 0.1) is 0 Å². The summed E-state index contributed by atoms with van der Waals surface area (Å²) >= 11 is 0. The molecule has 0 heterocycles. The molecule has 1 aromatic carbocycles. The Kier molecular flexibility index (Phi) is 4.28. The molecule has 0 saturated heterocycles. The van der Waals surface area contributed by atoms with E-state index in [1.165, 1.54) is 24.2 Å². The normalized spacial score (nSPS) is 22.3. The average Bonchev–Trinajstić information content (AvgIpc) is 3.08. The van der Waals surface area contributed by atoms with E-state index in [0.717, 1.165) is 24.3 Å². The van der Waals surface area contributed by atoms with E-state index in [4.69, 9.17) is 0 Å². The first kappa shape index (κ1) is 13.4. The van der Waals surface area contributed by atoms with Crippen LogP contribution < -0.4 is 10.2 Å². The molecule has 0 radical (unpaired) electrons. The van der Waals surface area contributed by atoms with Crippen LogP contribution in [0.2, 0.25) is 0 Å². The maximum absolute atomic E-state index is 3.57. The van der Waals surface area contributed by atoms with Crippen LogP contribution >= 0.6 is 0 Å². The summed E-state index contributed by atoms with van der Waals surface area (Å²) in [6.07, 6.45) is 1.35. The quantitative estimate of drug-likeness (QED) is 0.829. The maximum Gasteiger partial charge on any atom is 0.0361 e. The van der Waals surface area contributed by atoms with Gasteiger partial charge >= 0.3 is 0 Å². The number of benzene rings is 1. The Labute approximate surface area is 111 Å². The summed E-state index contributed by atoms with van der Waals surface area (Å²) < 4.78 is 0. The van der Waals surface area contributed by atoms with Crippen molar-refractivity contribution in [3.63, 3.8) is 0 Å². The fourth-order valence-electron chi connectivity index (χ4n) is 2.46. The summed E-state index contributed by atoms with van der Waals surface area (Å²) in [5, 5.41) is 3.57. The number of rotatable bonds is 6. The highest BCUT2D eigenvalue weighted by molar-refractivity contribution is 5.47. The Morgan fingerprint density at radius 2 is 1.89 bits per heavy atom. The zero-order chi connectivity index (χ0) is 13.1. The molecule has 100 valence electrons. The third-order valence-electron chi connectivity index (χ3n) is 3.72. The van der Waals surface area contributed by atoms with E-state index < -0.39 is 0 Å². The van der Waals surface area contributed by atoms with Crippen molar-refractivity contribution in [2.75, 3.05) is 32.1 Å². The summed E-state index contributed by atoms with van der Waals surface area (Å²) in [6.45, 7) is 6.84. The van der Waals surface area contributed by atoms with Crippen LogP contribution in [0.25, 0.3) is 0 Å². The monoisotopic (exact) mass is 246 g/mol. The highest BCUT2D eigenvalue weighted by Crippen LogP contribution is 2.47. The molecular weight excluding hydrogens is 220 g/mol. The van der Waals surface area contributed by atoms with Crippen molar-refractivity contribution >= 4 is 5.69 Å². The molecule has 2 rings (SSSR count). The molecule has 1 aliphatic carbocycles. The van der Waals surface area contributed by atoms with Crippen LogP contribution in [0.15, 0.2) is 24.3 Å². The average molecular weight is 246 g/mol. The molecule has 0 aliphatic heterocycles. The van der Waals surface area contributed by atoms with E-state index in [-0.39, 0.29) is 0 Å². The van der Waals surface area contributed by atoms with Crippen LogP contribution in [-0.4, -0.2) is 27.2 Å². The molecule has 1 N–H and O–H groups in total. The third kappa shape index (κ3) is 3.49. The Morgan fingerprint density at radius 3 is 2.44 bits per heavy atom. The van der Waals surface area contributed by atoms with E-state index in [9.17, 15) is 0 Å². The number of nitrogens with zero attached hydrogens (tertiary/aromatic N) is 1. The van der Waals surface area contributed by atoms with Gasteiger partial charge in [0.15, 0.2) is 0 Å². The molecule has 1 fully saturated rings. The molecule has 18 heavy (non-hydrogen) atoms. The lowest BCUT2D eigenvalue weighted by molar-refractivity contribution is 0.532. The van der Waals surface area contributed by atoms with Gasteiger partial charge in [-0.1, -0.05) is 26.0 Å². The zero-order valence-corrected chi connectivity index (χ0v) is 12.1. The Bertz CT molecular complexity index is 367. The second kappa shape index (κ2) is 5.75. The number of hydrogen-bond donors (Lipinski definition) is 1. The summed E-state index contributed by atoms with van der Waals surface area (Å²) in [6, 6.07) is 9.05. The van der Waals surface area contributed by atoms with E-state index in [1.807, 2.05) is 0 Å². The van der Waals surface area contributed by atoms with Crippen LogP contribution in [0.5, 0.6) is 0 Å². The topological polar surface area (TPSA) is 15.3 Å². The largest absolute Gasteiger partial charge is 0.378 e. The minimum absolute atomic E-state index is 0.751. The van der Waals surface area contributed by atoms with Crippen LogP contribution in [0.1, 0.15) is 31.7 Å². The lowest BCUT2D eigenvalue weighted by Crippen LogP contribution is -2.22. The summed E-state index contributed by atoms with van der Waals surface area (Å²) in [5.74, 6) is 2.40. The van der Waals surface area contributed by atoms with Crippen molar-refractivity contribution in [3.8, 4) is 0 Å². The first-order valence-corrected chi connectivity index (χ1v) is 7.06. The number of anilines is 1. The van der Waals surface area contributed by atoms with Gasteiger partial charge in [0, 0.05) is 19.8 Å². The molecule has 0 bridgehead atoms. The van der Waals surface area contributed by atoms with Crippen LogP contribution in [0.3, 0.4) is 0 Å². The molecule has 1 aliphatic rings. The van der Waals surface area contributed by atoms with Gasteiger partial charge in [0.2, 0.25) is 0 Å². The highest BCUT2D eigenvalue weighted by atomic mass is 15.1. The van der Waals surface area contributed by atoms with Gasteiger partial charge in [-0.3, -0.25) is 0 Å². The van der Waals surface area contributed by atoms with E-state index in [1.54, 1.807) is 0 Å². The van der Waals surface area contributed by atoms with Gasteiger partial charge in [-0.2, -0.15) is 0 Å². The number of nitrogens with one attached hydrogen (secondary N) is 1. The fraction of sp³-hybridized carbons (Fsp3) is 0.625. The van der Waals surface area contributed by atoms with Gasteiger partial charge in [-0.25, -0.2) is 0 Å². The predicted molar refractivity (Wildman–Crippen MR) is 79.3 cm³/mol. The van der Waals surface area contributed by atoms with Crippen LogP contribution in [0.4, 0.5) is 5.69 Å². The minimum Gasteiger partial charge on any atom is -0.378 e. The first-order chi connectivity index (χ1) is 8.58. The molecule has 2 heteroatoms. The molecule has 2 nitrogen and oxygen atoms in total. The maximum atomic E-state index is 3.57. The molecule has 0 amide bonds. The van der Waals surface area contributed by atoms with Crippen molar-refractivity contribution in [2.24, 2.45) is 11.8 Å². The summed E-state index contributed by atoms with van der Waals surface area (Å²) in [4.78, 5) is 2.15.